The van der Waals surface area contributed by atoms with Crippen LogP contribution in [0, 0.1) is 0 Å². The van der Waals surface area contributed by atoms with Gasteiger partial charge in [-0.25, -0.2) is 0 Å². The molecular weight excluding hydrogens is 138 g/mol. The zero-order valence-electron chi connectivity index (χ0n) is 6.71. The molecule has 1 heterocycles. The first kappa shape index (κ1) is 6.92. The van der Waals surface area contributed by atoms with Crippen LogP contribution in [0.5, 0.6) is 0 Å². The molecule has 0 spiro atoms. The van der Waals surface area contributed by atoms with E-state index < -0.39 is 0 Å². The van der Waals surface area contributed by atoms with Crippen LogP contribution in [0.2, 0.25) is 0 Å². The summed E-state index contributed by atoms with van der Waals surface area (Å²) in [6, 6.07) is 2.36. The lowest BCUT2D eigenvalue weighted by molar-refractivity contribution is 0.425. The Bertz CT molecular complexity index is 254. The predicted octanol–water partition coefficient (Wildman–Crippen LogP) is 1.66. The smallest absolute Gasteiger partial charge is 0.107 e. The average molecular weight is 151 g/mol. The van der Waals surface area contributed by atoms with Crippen molar-refractivity contribution < 1.29 is 4.42 Å². The summed E-state index contributed by atoms with van der Waals surface area (Å²) < 4.78 is 5.32. The quantitative estimate of drug-likeness (QED) is 0.612. The highest BCUT2D eigenvalue weighted by molar-refractivity contribution is 5.26. The minimum atomic E-state index is 0.320. The molecule has 1 aliphatic rings. The summed E-state index contributed by atoms with van der Waals surface area (Å²) in [6.45, 7) is 2.16. The molecule has 2 heteroatoms. The fourth-order valence-electron chi connectivity index (χ4n) is 1.74. The first-order chi connectivity index (χ1) is 5.29. The summed E-state index contributed by atoms with van der Waals surface area (Å²) in [5, 5.41) is 0. The summed E-state index contributed by atoms with van der Waals surface area (Å²) in [5.74, 6) is 1.61. The van der Waals surface area contributed by atoms with E-state index in [1.807, 2.05) is 6.07 Å². The number of nitrogens with two attached hydrogens (primary N) is 1. The number of rotatable bonds is 0. The Morgan fingerprint density at radius 2 is 2.45 bits per heavy atom. The minimum absolute atomic E-state index is 0.320. The molecule has 0 bridgehead atoms. The van der Waals surface area contributed by atoms with Gasteiger partial charge in [-0.15, -0.1) is 0 Å². The lowest BCUT2D eigenvalue weighted by atomic mass is 9.85. The van der Waals surface area contributed by atoms with Crippen LogP contribution in [-0.2, 0) is 6.42 Å². The monoisotopic (exact) mass is 151 g/mol. The molecule has 60 valence electrons. The topological polar surface area (TPSA) is 39.2 Å². The van der Waals surface area contributed by atoms with Crippen molar-refractivity contribution in [2.45, 2.75) is 31.7 Å². The lowest BCUT2D eigenvalue weighted by Crippen LogP contribution is -2.30. The SMILES string of the molecule is CC1c2ccoc2CCC1N. The second-order valence-electron chi connectivity index (χ2n) is 3.29. The average Bonchev–Trinajstić information content (AvgIpc) is 2.45. The Morgan fingerprint density at radius 1 is 1.64 bits per heavy atom. The van der Waals surface area contributed by atoms with Crippen molar-refractivity contribution >= 4 is 0 Å². The Kier molecular flexibility index (Phi) is 1.50. The molecule has 0 radical (unpaired) electrons. The highest BCUT2D eigenvalue weighted by Crippen LogP contribution is 2.30. The third kappa shape index (κ3) is 0.979. The maximum Gasteiger partial charge on any atom is 0.107 e. The highest BCUT2D eigenvalue weighted by atomic mass is 16.3. The van der Waals surface area contributed by atoms with Crippen LogP contribution >= 0.6 is 0 Å². The van der Waals surface area contributed by atoms with Gasteiger partial charge >= 0.3 is 0 Å². The molecule has 0 aliphatic heterocycles. The van der Waals surface area contributed by atoms with Crippen LogP contribution in [0.15, 0.2) is 16.7 Å². The van der Waals surface area contributed by atoms with Crippen LogP contribution in [0.1, 0.15) is 30.6 Å². The first-order valence-corrected chi connectivity index (χ1v) is 4.11. The molecule has 1 aromatic heterocycles. The largest absolute Gasteiger partial charge is 0.469 e. The van der Waals surface area contributed by atoms with Gasteiger partial charge in [0.05, 0.1) is 6.26 Å². The zero-order valence-corrected chi connectivity index (χ0v) is 6.71. The molecule has 2 unspecified atom stereocenters. The molecule has 2 N–H and O–H groups in total. The highest BCUT2D eigenvalue weighted by Gasteiger charge is 2.24. The van der Waals surface area contributed by atoms with Crippen molar-refractivity contribution in [3.05, 3.63) is 23.7 Å². The summed E-state index contributed by atoms with van der Waals surface area (Å²) in [7, 11) is 0. The number of aryl methyl sites for hydroxylation is 1. The van der Waals surface area contributed by atoms with Gasteiger partial charge in [-0.3, -0.25) is 0 Å². The van der Waals surface area contributed by atoms with Crippen LogP contribution in [-0.4, -0.2) is 6.04 Å². The Balaban J connectivity index is 2.38. The third-order valence-electron chi connectivity index (χ3n) is 2.62. The van der Waals surface area contributed by atoms with Crippen molar-refractivity contribution in [3.8, 4) is 0 Å². The van der Waals surface area contributed by atoms with Crippen LogP contribution in [0.4, 0.5) is 0 Å². The fourth-order valence-corrected chi connectivity index (χ4v) is 1.74. The predicted molar refractivity (Wildman–Crippen MR) is 43.4 cm³/mol. The van der Waals surface area contributed by atoms with E-state index in [9.17, 15) is 0 Å². The maximum absolute atomic E-state index is 5.91. The number of hydrogen-bond acceptors (Lipinski definition) is 2. The van der Waals surface area contributed by atoms with E-state index in [0.29, 0.717) is 12.0 Å². The van der Waals surface area contributed by atoms with E-state index in [2.05, 4.69) is 6.92 Å². The van der Waals surface area contributed by atoms with Gasteiger partial charge in [0.2, 0.25) is 0 Å². The minimum Gasteiger partial charge on any atom is -0.469 e. The molecule has 0 saturated carbocycles. The van der Waals surface area contributed by atoms with Gasteiger partial charge in [0, 0.05) is 12.5 Å². The summed E-state index contributed by atoms with van der Waals surface area (Å²) in [5.41, 5.74) is 7.22. The molecule has 2 nitrogen and oxygen atoms in total. The molecule has 0 amide bonds. The van der Waals surface area contributed by atoms with E-state index in [4.69, 9.17) is 10.2 Å². The molecule has 11 heavy (non-hydrogen) atoms. The van der Waals surface area contributed by atoms with Gasteiger partial charge in [0.15, 0.2) is 0 Å². The van der Waals surface area contributed by atoms with E-state index in [0.717, 1.165) is 18.6 Å². The van der Waals surface area contributed by atoms with Crippen LogP contribution < -0.4 is 5.73 Å². The zero-order chi connectivity index (χ0) is 7.84. The summed E-state index contributed by atoms with van der Waals surface area (Å²) in [4.78, 5) is 0. The molecule has 0 aromatic carbocycles. The van der Waals surface area contributed by atoms with Gasteiger partial charge < -0.3 is 10.2 Å². The van der Waals surface area contributed by atoms with Crippen molar-refractivity contribution in [3.63, 3.8) is 0 Å². The van der Waals surface area contributed by atoms with Crippen molar-refractivity contribution in [2.24, 2.45) is 5.73 Å². The van der Waals surface area contributed by atoms with E-state index in [1.54, 1.807) is 6.26 Å². The van der Waals surface area contributed by atoms with Crippen molar-refractivity contribution in [2.75, 3.05) is 0 Å². The van der Waals surface area contributed by atoms with Crippen molar-refractivity contribution in [1.82, 2.24) is 0 Å². The summed E-state index contributed by atoms with van der Waals surface area (Å²) >= 11 is 0. The lowest BCUT2D eigenvalue weighted by Gasteiger charge is -2.24. The maximum atomic E-state index is 5.91. The molecule has 2 atom stereocenters. The third-order valence-corrected chi connectivity index (χ3v) is 2.62. The molecule has 2 rings (SSSR count). The number of hydrogen-bond donors (Lipinski definition) is 1. The molecule has 0 fully saturated rings. The van der Waals surface area contributed by atoms with Crippen LogP contribution in [0.3, 0.4) is 0 Å². The van der Waals surface area contributed by atoms with Gasteiger partial charge in [0.1, 0.15) is 5.76 Å². The van der Waals surface area contributed by atoms with E-state index in [1.165, 1.54) is 5.56 Å². The number of furan rings is 1. The molecular formula is C9H13NO. The summed E-state index contributed by atoms with van der Waals surface area (Å²) in [6.07, 6.45) is 3.83. The van der Waals surface area contributed by atoms with Gasteiger partial charge in [-0.1, -0.05) is 6.92 Å². The van der Waals surface area contributed by atoms with E-state index >= 15 is 0 Å². The Morgan fingerprint density at radius 3 is 3.27 bits per heavy atom. The van der Waals surface area contributed by atoms with Gasteiger partial charge in [0.25, 0.3) is 0 Å². The van der Waals surface area contributed by atoms with Gasteiger partial charge in [-0.2, -0.15) is 0 Å². The molecule has 1 aliphatic carbocycles. The Hall–Kier alpha value is -0.760. The van der Waals surface area contributed by atoms with Crippen LogP contribution in [0.25, 0.3) is 0 Å². The Labute approximate surface area is 66.4 Å². The molecule has 1 aromatic rings. The standard InChI is InChI=1S/C9H13NO/c1-6-7-4-5-11-9(7)3-2-8(6)10/h4-6,8H,2-3,10H2,1H3. The normalized spacial score (nSPS) is 30.0. The second kappa shape index (κ2) is 2.38. The van der Waals surface area contributed by atoms with Crippen molar-refractivity contribution in [1.29, 1.82) is 0 Å². The molecule has 0 saturated heterocycles. The van der Waals surface area contributed by atoms with E-state index in [-0.39, 0.29) is 0 Å². The fraction of sp³-hybridized carbons (Fsp3) is 0.556. The first-order valence-electron chi connectivity index (χ1n) is 4.11. The van der Waals surface area contributed by atoms with Gasteiger partial charge in [-0.05, 0) is 24.0 Å². The number of fused-ring (bicyclic) bond motifs is 1. The second-order valence-corrected chi connectivity index (χ2v) is 3.29.